The molecule has 1 heterocycles. The molecule has 0 aromatic heterocycles. The minimum Gasteiger partial charge on any atom is -0.481 e. The van der Waals surface area contributed by atoms with Gasteiger partial charge in [-0.3, -0.25) is 9.69 Å². The van der Waals surface area contributed by atoms with E-state index in [1.165, 1.54) is 0 Å². The number of allylic oxidation sites excluding steroid dienone is 1. The molecule has 3 saturated carbocycles. The second-order valence-electron chi connectivity index (χ2n) is 12.2. The van der Waals surface area contributed by atoms with Gasteiger partial charge < -0.3 is 19.4 Å². The molecule has 1 N–H and O–H groups in total. The molecule has 9 atom stereocenters. The van der Waals surface area contributed by atoms with Gasteiger partial charge in [0.25, 0.3) is 0 Å². The number of rotatable bonds is 8. The van der Waals surface area contributed by atoms with Crippen molar-refractivity contribution in [3.63, 3.8) is 0 Å². The Hall–Kier alpha value is -1.50. The first kappa shape index (κ1) is 24.2. The molecule has 0 aromatic carbocycles. The maximum atomic E-state index is 13.5. The Kier molecular flexibility index (Phi) is 5.89. The summed E-state index contributed by atoms with van der Waals surface area (Å²) < 4.78 is 12.7. The topological polar surface area (TPSA) is 76.1 Å². The predicted molar refractivity (Wildman–Crippen MR) is 129 cm³/mol. The number of hydrogen-bond acceptors (Lipinski definition) is 5. The number of fused-ring (bicyclic) bond motifs is 2. The number of carboxylic acid groups (broad SMARTS) is 1. The highest BCUT2D eigenvalue weighted by molar-refractivity contribution is 5.90. The number of nitrogens with zero attached hydrogens (tertiary/aromatic N) is 1. The summed E-state index contributed by atoms with van der Waals surface area (Å²) in [6, 6.07) is 0. The van der Waals surface area contributed by atoms with Crippen molar-refractivity contribution < 1.29 is 24.2 Å². The maximum absolute atomic E-state index is 13.5. The number of aldehydes is 1. The van der Waals surface area contributed by atoms with Gasteiger partial charge >= 0.3 is 5.97 Å². The van der Waals surface area contributed by atoms with E-state index in [1.54, 1.807) is 0 Å². The molecule has 1 unspecified atom stereocenters. The summed E-state index contributed by atoms with van der Waals surface area (Å²) in [5, 5.41) is 11.0. The highest BCUT2D eigenvalue weighted by Gasteiger charge is 2.84. The first-order chi connectivity index (χ1) is 16.2. The van der Waals surface area contributed by atoms with Crippen LogP contribution in [-0.4, -0.2) is 60.9 Å². The zero-order valence-corrected chi connectivity index (χ0v) is 21.2. The maximum Gasteiger partial charge on any atom is 0.315 e. The highest BCUT2D eigenvalue weighted by atomic mass is 16.7. The lowest BCUT2D eigenvalue weighted by molar-refractivity contribution is -0.235. The molecule has 188 valence electrons. The van der Waals surface area contributed by atoms with Crippen molar-refractivity contribution in [2.24, 2.45) is 45.8 Å². The summed E-state index contributed by atoms with van der Waals surface area (Å²) in [5.74, 6) is 0.315. The average molecular weight is 472 g/mol. The molecule has 4 aliphatic carbocycles. The average Bonchev–Trinajstić information content (AvgIpc) is 3.35. The molecule has 34 heavy (non-hydrogen) atoms. The highest BCUT2D eigenvalue weighted by Crippen LogP contribution is 2.82. The van der Waals surface area contributed by atoms with Crippen LogP contribution >= 0.6 is 0 Å². The van der Waals surface area contributed by atoms with Gasteiger partial charge in [0, 0.05) is 25.0 Å². The van der Waals surface area contributed by atoms with Crippen molar-refractivity contribution >= 4 is 12.3 Å². The predicted octanol–water partition coefficient (Wildman–Crippen LogP) is 4.16. The van der Waals surface area contributed by atoms with Crippen LogP contribution in [0, 0.1) is 45.8 Å². The van der Waals surface area contributed by atoms with E-state index >= 15 is 0 Å². The molecule has 4 bridgehead atoms. The molecule has 4 fully saturated rings. The number of carbonyl (C=O) groups is 2. The smallest absolute Gasteiger partial charge is 0.315 e. The minimum atomic E-state index is -1.19. The van der Waals surface area contributed by atoms with E-state index in [2.05, 4.69) is 38.3 Å². The van der Waals surface area contributed by atoms with Crippen LogP contribution in [0.3, 0.4) is 0 Å². The summed E-state index contributed by atoms with van der Waals surface area (Å²) in [4.78, 5) is 28.8. The Morgan fingerprint density at radius 2 is 2.09 bits per heavy atom. The molecule has 0 aromatic rings. The molecule has 0 spiro atoms. The first-order valence-electron chi connectivity index (χ1n) is 13.2. The summed E-state index contributed by atoms with van der Waals surface area (Å²) in [5.41, 5.74) is -1.68. The lowest BCUT2D eigenvalue weighted by Crippen LogP contribution is -2.64. The fourth-order valence-electron chi connectivity index (χ4n) is 9.29. The Morgan fingerprint density at radius 3 is 2.74 bits per heavy atom. The van der Waals surface area contributed by atoms with Crippen LogP contribution < -0.4 is 0 Å². The molecule has 1 aliphatic heterocycles. The summed E-state index contributed by atoms with van der Waals surface area (Å²) >= 11 is 0. The molecule has 5 rings (SSSR count). The van der Waals surface area contributed by atoms with Crippen molar-refractivity contribution in [3.05, 3.63) is 24.3 Å². The molecular weight excluding hydrogens is 430 g/mol. The van der Waals surface area contributed by atoms with Crippen LogP contribution in [0.5, 0.6) is 0 Å². The van der Waals surface area contributed by atoms with Crippen LogP contribution in [0.4, 0.5) is 0 Å². The third-order valence-electron chi connectivity index (χ3n) is 10.3. The van der Waals surface area contributed by atoms with E-state index in [0.29, 0.717) is 31.4 Å². The molecule has 0 radical (unpaired) electrons. The Bertz CT molecular complexity index is 899. The van der Waals surface area contributed by atoms with E-state index in [-0.39, 0.29) is 23.9 Å². The van der Waals surface area contributed by atoms with Gasteiger partial charge in [0.15, 0.2) is 6.29 Å². The fraction of sp³-hybridized carbons (Fsp3) is 0.786. The quantitative estimate of drug-likeness (QED) is 0.423. The van der Waals surface area contributed by atoms with Gasteiger partial charge in [-0.05, 0) is 55.8 Å². The number of ether oxygens (including phenoxy) is 2. The van der Waals surface area contributed by atoms with Crippen molar-refractivity contribution in [2.45, 2.75) is 65.8 Å². The molecule has 0 amide bonds. The molecular formula is C28H41NO5. The van der Waals surface area contributed by atoms with Gasteiger partial charge in [-0.1, -0.05) is 44.9 Å². The number of carbonyl (C=O) groups excluding carboxylic acids is 1. The lowest BCUT2D eigenvalue weighted by atomic mass is 9.43. The van der Waals surface area contributed by atoms with Crippen molar-refractivity contribution in [2.75, 3.05) is 26.2 Å². The molecule has 6 heteroatoms. The number of morpholine rings is 1. The second-order valence-corrected chi connectivity index (χ2v) is 12.2. The zero-order chi connectivity index (χ0) is 24.5. The van der Waals surface area contributed by atoms with Crippen LogP contribution in [0.1, 0.15) is 53.4 Å². The third kappa shape index (κ3) is 2.91. The summed E-state index contributed by atoms with van der Waals surface area (Å²) in [6.45, 7) is 14.9. The van der Waals surface area contributed by atoms with Crippen LogP contribution in [0.25, 0.3) is 0 Å². The summed E-state index contributed by atoms with van der Waals surface area (Å²) in [6.07, 6.45) is 8.30. The van der Waals surface area contributed by atoms with E-state index < -0.39 is 28.5 Å². The molecule has 5 aliphatic rings. The van der Waals surface area contributed by atoms with Gasteiger partial charge in [0.05, 0.1) is 18.1 Å². The third-order valence-corrected chi connectivity index (χ3v) is 10.3. The lowest BCUT2D eigenvalue weighted by Gasteiger charge is -2.58. The van der Waals surface area contributed by atoms with Crippen LogP contribution in [0.15, 0.2) is 24.3 Å². The van der Waals surface area contributed by atoms with Gasteiger partial charge in [0.1, 0.15) is 11.7 Å². The standard InChI is InChI=1S/C28H41NO5/c1-6-9-29-13-19(5)34-24(14-29)33-16-27-12-21-18(4)7-8-22(21)26(15-30)11-20(27)10-23(17(2)3)28(26,27)25(31)32/h6,10,15,17-22,24H,1,7-9,11-14,16H2,2-5H3,(H,31,32)/t18-,19-,20+,21-,22-,24-,26+,27?,28+/m1/s1. The fourth-order valence-corrected chi connectivity index (χ4v) is 9.29. The Balaban J connectivity index is 1.55. The Labute approximate surface area is 203 Å². The normalized spacial score (nSPS) is 47.5. The van der Waals surface area contributed by atoms with E-state index in [9.17, 15) is 14.7 Å². The van der Waals surface area contributed by atoms with Gasteiger partial charge in [-0.25, -0.2) is 0 Å². The Morgan fingerprint density at radius 1 is 1.32 bits per heavy atom. The first-order valence-corrected chi connectivity index (χ1v) is 13.2. The molecule has 6 nitrogen and oxygen atoms in total. The monoisotopic (exact) mass is 471 g/mol. The largest absolute Gasteiger partial charge is 0.481 e. The van der Waals surface area contributed by atoms with E-state index in [0.717, 1.165) is 44.2 Å². The number of aliphatic carboxylic acids is 1. The second kappa shape index (κ2) is 8.28. The van der Waals surface area contributed by atoms with E-state index in [1.807, 2.05) is 13.0 Å². The SMILES string of the molecule is C=CCN1C[C@H](OCC23C[C@@H]4[C@H](C)CC[C@H]4[C@@]4(C=O)C[C@@H]2C=C(C(C)C)[C@@]34C(=O)O)O[C@H](C)C1. The number of hydrogen-bond donors (Lipinski definition) is 1. The van der Waals surface area contributed by atoms with Crippen molar-refractivity contribution in [1.82, 2.24) is 4.90 Å². The van der Waals surface area contributed by atoms with Crippen LogP contribution in [-0.2, 0) is 19.1 Å². The zero-order valence-electron chi connectivity index (χ0n) is 21.2. The van der Waals surface area contributed by atoms with Gasteiger partial charge in [-0.2, -0.15) is 0 Å². The van der Waals surface area contributed by atoms with Crippen molar-refractivity contribution in [1.29, 1.82) is 0 Å². The summed E-state index contributed by atoms with van der Waals surface area (Å²) in [7, 11) is 0. The van der Waals surface area contributed by atoms with Crippen LogP contribution in [0.2, 0.25) is 0 Å². The number of carboxylic acids is 1. The molecule has 1 saturated heterocycles. The van der Waals surface area contributed by atoms with E-state index in [4.69, 9.17) is 9.47 Å². The van der Waals surface area contributed by atoms with Crippen molar-refractivity contribution in [3.8, 4) is 0 Å². The minimum absolute atomic E-state index is 0.0361. The van der Waals surface area contributed by atoms with Gasteiger partial charge in [-0.15, -0.1) is 6.58 Å². The van der Waals surface area contributed by atoms with Gasteiger partial charge in [0.2, 0.25) is 0 Å².